The van der Waals surface area contributed by atoms with E-state index in [1.807, 2.05) is 35.2 Å². The number of nitrogens with zero attached hydrogens (tertiary/aromatic N) is 2. The number of rotatable bonds is 3. The van der Waals surface area contributed by atoms with E-state index in [0.717, 1.165) is 28.7 Å². The predicted molar refractivity (Wildman–Crippen MR) is 104 cm³/mol. The van der Waals surface area contributed by atoms with Crippen LogP contribution in [-0.4, -0.2) is 41.9 Å². The summed E-state index contributed by atoms with van der Waals surface area (Å²) in [5, 5.41) is 1.49. The standard InChI is InChI=1S/C20H18ClFN2OS/c21-18-16-6-1-2-7-17(16)26-19(18)20(25)24-10-8-23(9-11-24)13-14-4-3-5-15(22)12-14/h1-7,12H,8-11,13H2. The van der Waals surface area contributed by atoms with Gasteiger partial charge in [0.05, 0.1) is 5.02 Å². The molecule has 1 saturated heterocycles. The first-order valence-electron chi connectivity index (χ1n) is 8.55. The van der Waals surface area contributed by atoms with Gasteiger partial charge in [-0.2, -0.15) is 0 Å². The molecule has 1 aromatic heterocycles. The Bertz CT molecular complexity index is 950. The third-order valence-corrected chi connectivity index (χ3v) is 6.35. The smallest absolute Gasteiger partial charge is 0.265 e. The van der Waals surface area contributed by atoms with E-state index < -0.39 is 0 Å². The van der Waals surface area contributed by atoms with Gasteiger partial charge in [-0.1, -0.05) is 41.9 Å². The van der Waals surface area contributed by atoms with Crippen molar-refractivity contribution in [1.82, 2.24) is 9.80 Å². The molecule has 0 saturated carbocycles. The molecule has 1 aliphatic heterocycles. The molecule has 1 amide bonds. The highest BCUT2D eigenvalue weighted by molar-refractivity contribution is 7.21. The quantitative estimate of drug-likeness (QED) is 0.652. The van der Waals surface area contributed by atoms with Crippen LogP contribution in [0.3, 0.4) is 0 Å². The van der Waals surface area contributed by atoms with E-state index in [0.29, 0.717) is 29.5 Å². The van der Waals surface area contributed by atoms with Crippen LogP contribution in [0.4, 0.5) is 4.39 Å². The molecule has 4 rings (SSSR count). The van der Waals surface area contributed by atoms with Gasteiger partial charge in [-0.05, 0) is 23.8 Å². The number of benzene rings is 2. The average Bonchev–Trinajstić information content (AvgIpc) is 2.99. The predicted octanol–water partition coefficient (Wildman–Crippen LogP) is 4.65. The lowest BCUT2D eigenvalue weighted by molar-refractivity contribution is 0.0633. The third kappa shape index (κ3) is 3.47. The van der Waals surface area contributed by atoms with Gasteiger partial charge >= 0.3 is 0 Å². The lowest BCUT2D eigenvalue weighted by Gasteiger charge is -2.34. The lowest BCUT2D eigenvalue weighted by atomic mass is 10.2. The fourth-order valence-electron chi connectivity index (χ4n) is 3.30. The number of thiophene rings is 1. The van der Waals surface area contributed by atoms with E-state index in [4.69, 9.17) is 11.6 Å². The Balaban J connectivity index is 1.42. The minimum absolute atomic E-state index is 0.00149. The summed E-state index contributed by atoms with van der Waals surface area (Å²) >= 11 is 7.89. The topological polar surface area (TPSA) is 23.6 Å². The highest BCUT2D eigenvalue weighted by atomic mass is 35.5. The second kappa shape index (κ2) is 7.35. The molecule has 1 fully saturated rings. The fraction of sp³-hybridized carbons (Fsp3) is 0.250. The molecule has 0 spiro atoms. The maximum Gasteiger partial charge on any atom is 0.265 e. The zero-order chi connectivity index (χ0) is 18.1. The molecule has 0 unspecified atom stereocenters. The molecule has 6 heteroatoms. The van der Waals surface area contributed by atoms with Crippen molar-refractivity contribution in [2.45, 2.75) is 6.54 Å². The van der Waals surface area contributed by atoms with Crippen molar-refractivity contribution in [3.05, 3.63) is 69.8 Å². The van der Waals surface area contributed by atoms with E-state index in [1.165, 1.54) is 17.4 Å². The number of carbonyl (C=O) groups is 1. The Labute approximate surface area is 160 Å². The second-order valence-electron chi connectivity index (χ2n) is 6.44. The van der Waals surface area contributed by atoms with E-state index in [1.54, 1.807) is 12.1 Å². The lowest BCUT2D eigenvalue weighted by Crippen LogP contribution is -2.48. The zero-order valence-corrected chi connectivity index (χ0v) is 15.7. The second-order valence-corrected chi connectivity index (χ2v) is 7.87. The SMILES string of the molecule is O=C(c1sc2ccccc2c1Cl)N1CCN(Cc2cccc(F)c2)CC1. The van der Waals surface area contributed by atoms with Crippen LogP contribution < -0.4 is 0 Å². The summed E-state index contributed by atoms with van der Waals surface area (Å²) in [6, 6.07) is 14.5. The molecule has 26 heavy (non-hydrogen) atoms. The summed E-state index contributed by atoms with van der Waals surface area (Å²) < 4.78 is 14.4. The first-order valence-corrected chi connectivity index (χ1v) is 9.74. The van der Waals surface area contributed by atoms with Crippen LogP contribution in [0.25, 0.3) is 10.1 Å². The highest BCUT2D eigenvalue weighted by Crippen LogP contribution is 2.36. The summed E-state index contributed by atoms with van der Waals surface area (Å²) in [5.41, 5.74) is 0.956. The van der Waals surface area contributed by atoms with Crippen molar-refractivity contribution in [2.24, 2.45) is 0 Å². The zero-order valence-electron chi connectivity index (χ0n) is 14.1. The third-order valence-electron chi connectivity index (χ3n) is 4.68. The number of halogens is 2. The first kappa shape index (κ1) is 17.5. The number of carbonyl (C=O) groups excluding carboxylic acids is 1. The number of fused-ring (bicyclic) bond motifs is 1. The van der Waals surface area contributed by atoms with Gasteiger partial charge in [0.15, 0.2) is 0 Å². The average molecular weight is 389 g/mol. The van der Waals surface area contributed by atoms with E-state index in [-0.39, 0.29) is 11.7 Å². The molecule has 0 radical (unpaired) electrons. The molecule has 3 aromatic rings. The molecule has 0 atom stereocenters. The maximum absolute atomic E-state index is 13.3. The van der Waals surface area contributed by atoms with Crippen LogP contribution in [0.15, 0.2) is 48.5 Å². The van der Waals surface area contributed by atoms with Crippen LogP contribution in [0.5, 0.6) is 0 Å². The number of amides is 1. The Hall–Kier alpha value is -1.95. The van der Waals surface area contributed by atoms with Gasteiger partial charge in [0.2, 0.25) is 0 Å². The van der Waals surface area contributed by atoms with Crippen LogP contribution in [0.1, 0.15) is 15.2 Å². The van der Waals surface area contributed by atoms with E-state index >= 15 is 0 Å². The highest BCUT2D eigenvalue weighted by Gasteiger charge is 2.26. The minimum Gasteiger partial charge on any atom is -0.335 e. The molecule has 0 bridgehead atoms. The molecular weight excluding hydrogens is 371 g/mol. The van der Waals surface area contributed by atoms with Crippen LogP contribution >= 0.6 is 22.9 Å². The molecule has 2 aromatic carbocycles. The van der Waals surface area contributed by atoms with Crippen LogP contribution in [0, 0.1) is 5.82 Å². The summed E-state index contributed by atoms with van der Waals surface area (Å²) in [4.78, 5) is 17.6. The van der Waals surface area contributed by atoms with Crippen molar-refractivity contribution in [2.75, 3.05) is 26.2 Å². The van der Waals surface area contributed by atoms with Gasteiger partial charge in [-0.15, -0.1) is 11.3 Å². The summed E-state index contributed by atoms with van der Waals surface area (Å²) in [7, 11) is 0. The normalized spacial score (nSPS) is 15.5. The van der Waals surface area contributed by atoms with Gasteiger partial charge in [0, 0.05) is 42.8 Å². The Kier molecular flexibility index (Phi) is 4.94. The van der Waals surface area contributed by atoms with E-state index in [2.05, 4.69) is 4.90 Å². The monoisotopic (exact) mass is 388 g/mol. The maximum atomic E-state index is 13.3. The molecule has 3 nitrogen and oxygen atoms in total. The Morgan fingerprint density at radius 2 is 1.85 bits per heavy atom. The van der Waals surface area contributed by atoms with Gasteiger partial charge < -0.3 is 4.90 Å². The van der Waals surface area contributed by atoms with Crippen molar-refractivity contribution in [1.29, 1.82) is 0 Å². The summed E-state index contributed by atoms with van der Waals surface area (Å²) in [6.07, 6.45) is 0. The molecule has 0 N–H and O–H groups in total. The largest absolute Gasteiger partial charge is 0.335 e. The molecule has 0 aliphatic carbocycles. The summed E-state index contributed by atoms with van der Waals surface area (Å²) in [6.45, 7) is 3.54. The first-order chi connectivity index (χ1) is 12.6. The number of hydrogen-bond donors (Lipinski definition) is 0. The van der Waals surface area contributed by atoms with Gasteiger partial charge in [-0.25, -0.2) is 4.39 Å². The fourth-order valence-corrected chi connectivity index (χ4v) is 4.78. The van der Waals surface area contributed by atoms with Gasteiger partial charge in [-0.3, -0.25) is 9.69 Å². The number of piperazine rings is 1. The van der Waals surface area contributed by atoms with Gasteiger partial charge in [0.25, 0.3) is 5.91 Å². The van der Waals surface area contributed by atoms with Crippen LogP contribution in [0.2, 0.25) is 5.02 Å². The minimum atomic E-state index is -0.212. The Morgan fingerprint density at radius 1 is 1.08 bits per heavy atom. The molecule has 2 heterocycles. The van der Waals surface area contributed by atoms with Gasteiger partial charge in [0.1, 0.15) is 10.7 Å². The molecule has 134 valence electrons. The van der Waals surface area contributed by atoms with Crippen molar-refractivity contribution >= 4 is 38.9 Å². The van der Waals surface area contributed by atoms with Crippen molar-refractivity contribution in [3.8, 4) is 0 Å². The Morgan fingerprint density at radius 3 is 2.58 bits per heavy atom. The van der Waals surface area contributed by atoms with Crippen molar-refractivity contribution in [3.63, 3.8) is 0 Å². The summed E-state index contributed by atoms with van der Waals surface area (Å²) in [5.74, 6) is -0.211. The van der Waals surface area contributed by atoms with Crippen molar-refractivity contribution < 1.29 is 9.18 Å². The molecular formula is C20H18ClFN2OS. The molecule has 1 aliphatic rings. The van der Waals surface area contributed by atoms with Crippen LogP contribution in [-0.2, 0) is 6.54 Å². The number of hydrogen-bond acceptors (Lipinski definition) is 3. The van der Waals surface area contributed by atoms with E-state index in [9.17, 15) is 9.18 Å².